The fraction of sp³-hybridized carbons (Fsp3) is 0.294. The third kappa shape index (κ3) is 2.08. The van der Waals surface area contributed by atoms with Crippen molar-refractivity contribution in [3.8, 4) is 22.6 Å². The molecule has 1 aliphatic heterocycles. The number of hydrogen-bond acceptors (Lipinski definition) is 3. The third-order valence-corrected chi connectivity index (χ3v) is 7.85. The van der Waals surface area contributed by atoms with Crippen LogP contribution in [0.1, 0.15) is 20.8 Å². The smallest absolute Gasteiger partial charge is 0.163 e. The zero-order valence-electron chi connectivity index (χ0n) is 12.5. The van der Waals surface area contributed by atoms with E-state index in [1.165, 1.54) is 0 Å². The van der Waals surface area contributed by atoms with Crippen LogP contribution in [0.3, 0.4) is 0 Å². The van der Waals surface area contributed by atoms with Crippen LogP contribution in [0.2, 0.25) is 0 Å². The molecular weight excluding hydrogens is 283 g/mol. The maximum Gasteiger partial charge on any atom is 0.163 e. The maximum absolute atomic E-state index is 13.4. The molecule has 0 bridgehead atoms. The SMILES string of the molecule is CC(C)(C)P1(=O)COc2c(-c3ccccc3)ccc(O)c21. The first-order valence-electron chi connectivity index (χ1n) is 6.98. The Balaban J connectivity index is 2.26. The van der Waals surface area contributed by atoms with Crippen molar-refractivity contribution < 1.29 is 14.4 Å². The van der Waals surface area contributed by atoms with E-state index in [0.717, 1.165) is 11.1 Å². The molecule has 4 heteroatoms. The van der Waals surface area contributed by atoms with Gasteiger partial charge in [0.05, 0.1) is 5.30 Å². The quantitative estimate of drug-likeness (QED) is 0.803. The van der Waals surface area contributed by atoms with Crippen molar-refractivity contribution in [2.45, 2.75) is 25.9 Å². The number of ether oxygens (including phenoxy) is 1. The number of phenols is 1. The van der Waals surface area contributed by atoms with E-state index in [2.05, 4.69) is 0 Å². The highest BCUT2D eigenvalue weighted by atomic mass is 31.2. The molecule has 0 amide bonds. The van der Waals surface area contributed by atoms with Crippen LogP contribution in [-0.4, -0.2) is 16.6 Å². The van der Waals surface area contributed by atoms with E-state index >= 15 is 0 Å². The second-order valence-corrected chi connectivity index (χ2v) is 9.89. The zero-order chi connectivity index (χ0) is 15.3. The molecule has 0 radical (unpaired) electrons. The van der Waals surface area contributed by atoms with E-state index in [1.54, 1.807) is 6.07 Å². The molecule has 1 aliphatic rings. The van der Waals surface area contributed by atoms with Crippen molar-refractivity contribution in [2.75, 3.05) is 6.35 Å². The molecule has 0 saturated heterocycles. The van der Waals surface area contributed by atoms with Gasteiger partial charge >= 0.3 is 0 Å². The molecule has 110 valence electrons. The molecule has 0 aliphatic carbocycles. The summed E-state index contributed by atoms with van der Waals surface area (Å²) in [6, 6.07) is 13.3. The van der Waals surface area contributed by atoms with Crippen molar-refractivity contribution in [2.24, 2.45) is 0 Å². The maximum atomic E-state index is 13.4. The second kappa shape index (κ2) is 4.64. The van der Waals surface area contributed by atoms with Crippen LogP contribution < -0.4 is 10.0 Å². The highest BCUT2D eigenvalue weighted by Gasteiger charge is 2.47. The van der Waals surface area contributed by atoms with Gasteiger partial charge in [0.2, 0.25) is 0 Å². The minimum atomic E-state index is -2.80. The molecule has 0 fully saturated rings. The van der Waals surface area contributed by atoms with Crippen LogP contribution in [0.25, 0.3) is 11.1 Å². The van der Waals surface area contributed by atoms with Gasteiger partial charge in [0.1, 0.15) is 17.8 Å². The summed E-state index contributed by atoms with van der Waals surface area (Å²) in [5.41, 5.74) is 1.88. The number of aromatic hydroxyl groups is 1. The summed E-state index contributed by atoms with van der Waals surface area (Å²) < 4.78 is 19.2. The van der Waals surface area contributed by atoms with Crippen molar-refractivity contribution in [3.63, 3.8) is 0 Å². The Morgan fingerprint density at radius 2 is 1.76 bits per heavy atom. The van der Waals surface area contributed by atoms with E-state index in [-0.39, 0.29) is 12.1 Å². The van der Waals surface area contributed by atoms with Crippen LogP contribution >= 0.6 is 7.14 Å². The largest absolute Gasteiger partial charge is 0.507 e. The molecule has 3 rings (SSSR count). The van der Waals surface area contributed by atoms with Crippen LogP contribution in [0.15, 0.2) is 42.5 Å². The van der Waals surface area contributed by atoms with Crippen LogP contribution in [-0.2, 0) is 4.57 Å². The first-order valence-corrected chi connectivity index (χ1v) is 8.88. The Morgan fingerprint density at radius 1 is 1.10 bits per heavy atom. The van der Waals surface area contributed by atoms with Crippen molar-refractivity contribution in [1.82, 2.24) is 0 Å². The average molecular weight is 302 g/mol. The van der Waals surface area contributed by atoms with Gasteiger partial charge in [-0.25, -0.2) is 0 Å². The molecule has 1 atom stereocenters. The van der Waals surface area contributed by atoms with Crippen LogP contribution in [0, 0.1) is 0 Å². The van der Waals surface area contributed by atoms with E-state index in [1.807, 2.05) is 57.2 Å². The molecule has 3 nitrogen and oxygen atoms in total. The van der Waals surface area contributed by atoms with Gasteiger partial charge in [0.15, 0.2) is 7.14 Å². The molecule has 1 N–H and O–H groups in total. The van der Waals surface area contributed by atoms with Gasteiger partial charge in [0.25, 0.3) is 0 Å². The molecule has 0 saturated carbocycles. The number of phenolic OH excluding ortho intramolecular Hbond substituents is 1. The van der Waals surface area contributed by atoms with Gasteiger partial charge in [-0.15, -0.1) is 0 Å². The van der Waals surface area contributed by atoms with Gasteiger partial charge in [-0.1, -0.05) is 51.1 Å². The zero-order valence-corrected chi connectivity index (χ0v) is 13.4. The fourth-order valence-electron chi connectivity index (χ4n) is 2.65. The van der Waals surface area contributed by atoms with Crippen molar-refractivity contribution in [1.29, 1.82) is 0 Å². The molecule has 21 heavy (non-hydrogen) atoms. The van der Waals surface area contributed by atoms with Gasteiger partial charge in [0, 0.05) is 10.7 Å². The monoisotopic (exact) mass is 302 g/mol. The molecule has 1 heterocycles. The average Bonchev–Trinajstić information content (AvgIpc) is 2.80. The van der Waals surface area contributed by atoms with E-state index in [9.17, 15) is 9.67 Å². The molecule has 2 aromatic rings. The summed E-state index contributed by atoms with van der Waals surface area (Å²) in [5.74, 6) is 0.639. The fourth-order valence-corrected chi connectivity index (χ4v) is 5.11. The number of fused-ring (bicyclic) bond motifs is 1. The van der Waals surface area contributed by atoms with Gasteiger partial charge in [-0.3, -0.25) is 0 Å². The lowest BCUT2D eigenvalue weighted by molar-refractivity contribution is 0.390. The Kier molecular flexibility index (Phi) is 3.14. The normalized spacial score (nSPS) is 20.9. The third-order valence-electron chi connectivity index (χ3n) is 4.03. The van der Waals surface area contributed by atoms with Gasteiger partial charge in [-0.05, 0) is 17.7 Å². The lowest BCUT2D eigenvalue weighted by Gasteiger charge is -2.26. The topological polar surface area (TPSA) is 46.5 Å². The van der Waals surface area contributed by atoms with Gasteiger partial charge in [-0.2, -0.15) is 0 Å². The van der Waals surface area contributed by atoms with E-state index in [4.69, 9.17) is 4.74 Å². The van der Waals surface area contributed by atoms with Crippen molar-refractivity contribution in [3.05, 3.63) is 42.5 Å². The molecule has 2 aromatic carbocycles. The molecule has 1 unspecified atom stereocenters. The Morgan fingerprint density at radius 3 is 2.38 bits per heavy atom. The van der Waals surface area contributed by atoms with Crippen LogP contribution in [0.5, 0.6) is 11.5 Å². The highest BCUT2D eigenvalue weighted by molar-refractivity contribution is 7.73. The summed E-state index contributed by atoms with van der Waals surface area (Å²) in [6.07, 6.45) is 0.156. The highest BCUT2D eigenvalue weighted by Crippen LogP contribution is 2.64. The summed E-state index contributed by atoms with van der Waals surface area (Å²) in [6.45, 7) is 5.79. The Bertz CT molecular complexity index is 730. The predicted octanol–water partition coefficient (Wildman–Crippen LogP) is 4.20. The Hall–Kier alpha value is -1.73. The summed E-state index contributed by atoms with van der Waals surface area (Å²) in [7, 11) is -2.80. The van der Waals surface area contributed by atoms with Gasteiger partial charge < -0.3 is 14.4 Å². The minimum absolute atomic E-state index is 0.0699. The standard InChI is InChI=1S/C17H19O3P/c1-17(2,3)21(19)11-20-15-13(9-10-14(18)16(15)21)12-7-5-4-6-8-12/h4-10,18H,11H2,1-3H3. The lowest BCUT2D eigenvalue weighted by Crippen LogP contribution is -2.22. The number of benzene rings is 2. The van der Waals surface area contributed by atoms with E-state index in [0.29, 0.717) is 11.1 Å². The van der Waals surface area contributed by atoms with E-state index < -0.39 is 12.3 Å². The summed E-state index contributed by atoms with van der Waals surface area (Å²) in [4.78, 5) is 0. The minimum Gasteiger partial charge on any atom is -0.507 e. The summed E-state index contributed by atoms with van der Waals surface area (Å²) in [5, 5.41) is 10.3. The number of rotatable bonds is 1. The van der Waals surface area contributed by atoms with Crippen LogP contribution in [0.4, 0.5) is 0 Å². The predicted molar refractivity (Wildman–Crippen MR) is 86.0 cm³/mol. The lowest BCUT2D eigenvalue weighted by atomic mass is 10.0. The second-order valence-electron chi connectivity index (χ2n) is 6.36. The van der Waals surface area contributed by atoms with Crippen molar-refractivity contribution >= 4 is 12.4 Å². The molecule has 0 spiro atoms. The summed E-state index contributed by atoms with van der Waals surface area (Å²) >= 11 is 0. The molecule has 0 aromatic heterocycles. The first-order chi connectivity index (χ1) is 9.84. The molecular formula is C17H19O3P. The first kappa shape index (κ1) is 14.2. The Labute approximate surface area is 125 Å². The number of hydrogen-bond donors (Lipinski definition) is 1.